The Morgan fingerprint density at radius 2 is 1.95 bits per heavy atom. The van der Waals surface area contributed by atoms with Crippen molar-refractivity contribution in [2.45, 2.75) is 13.5 Å². The maximum absolute atomic E-state index is 12.3. The number of nitrogens with zero attached hydrogens (tertiary/aromatic N) is 2. The summed E-state index contributed by atoms with van der Waals surface area (Å²) in [5, 5.41) is 0.217. The average Bonchev–Trinajstić information content (AvgIpc) is 2.35. The van der Waals surface area contributed by atoms with Crippen LogP contribution in [0.5, 0.6) is 5.75 Å². The molecule has 0 atom stereocenters. The second-order valence-corrected chi connectivity index (χ2v) is 4.76. The molecule has 0 aliphatic rings. The summed E-state index contributed by atoms with van der Waals surface area (Å²) < 4.78 is 29.7. The molecule has 0 fully saturated rings. The van der Waals surface area contributed by atoms with E-state index in [2.05, 4.69) is 30.6 Å². The number of hydrogen-bond acceptors (Lipinski definition) is 3. The summed E-state index contributed by atoms with van der Waals surface area (Å²) >= 11 is 9.18. The molecule has 0 saturated heterocycles. The Kier molecular flexibility index (Phi) is 4.31. The first-order chi connectivity index (χ1) is 8.99. The van der Waals surface area contributed by atoms with Gasteiger partial charge in [0.1, 0.15) is 10.9 Å². The Hall–Kier alpha value is -1.27. The van der Waals surface area contributed by atoms with Gasteiger partial charge in [0.05, 0.1) is 15.7 Å². The molecular formula is C12H8BrClF2N2O. The van der Waals surface area contributed by atoms with Crippen molar-refractivity contribution < 1.29 is 13.5 Å². The number of alkyl halides is 2. The molecule has 0 aliphatic carbocycles. The molecule has 7 heteroatoms. The van der Waals surface area contributed by atoms with E-state index in [1.807, 2.05) is 0 Å². The zero-order valence-electron chi connectivity index (χ0n) is 9.70. The summed E-state index contributed by atoms with van der Waals surface area (Å²) in [5.74, 6) is 0.247. The summed E-state index contributed by atoms with van der Waals surface area (Å²) in [6.07, 6.45) is 0. The van der Waals surface area contributed by atoms with Gasteiger partial charge in [0.2, 0.25) is 0 Å². The normalized spacial score (nSPS) is 10.8. The summed E-state index contributed by atoms with van der Waals surface area (Å²) in [6, 6.07) is 6.30. The van der Waals surface area contributed by atoms with Crippen LogP contribution in [0.3, 0.4) is 0 Å². The van der Waals surface area contributed by atoms with E-state index in [-0.39, 0.29) is 16.7 Å². The molecule has 0 N–H and O–H groups in total. The van der Waals surface area contributed by atoms with Gasteiger partial charge in [-0.25, -0.2) is 9.97 Å². The van der Waals surface area contributed by atoms with Crippen LogP contribution in [0.2, 0.25) is 5.15 Å². The fourth-order valence-electron chi connectivity index (χ4n) is 1.49. The third-order valence-corrected chi connectivity index (χ3v) is 3.77. The minimum Gasteiger partial charge on any atom is -0.434 e. The number of aryl methyl sites for hydroxylation is 1. The Labute approximate surface area is 121 Å². The van der Waals surface area contributed by atoms with Crippen molar-refractivity contribution in [3.63, 3.8) is 0 Å². The van der Waals surface area contributed by atoms with E-state index >= 15 is 0 Å². The highest BCUT2D eigenvalue weighted by Crippen LogP contribution is 2.32. The third-order valence-electron chi connectivity index (χ3n) is 2.32. The molecule has 2 rings (SSSR count). The van der Waals surface area contributed by atoms with Gasteiger partial charge in [0.15, 0.2) is 5.82 Å². The van der Waals surface area contributed by atoms with E-state index in [0.717, 1.165) is 0 Å². The smallest absolute Gasteiger partial charge is 0.387 e. The summed E-state index contributed by atoms with van der Waals surface area (Å²) in [6.45, 7) is -1.18. The molecule has 1 aromatic heterocycles. The molecule has 100 valence electrons. The topological polar surface area (TPSA) is 35.0 Å². The van der Waals surface area contributed by atoms with Crippen molar-refractivity contribution in [3.8, 4) is 17.1 Å². The van der Waals surface area contributed by atoms with Gasteiger partial charge < -0.3 is 4.74 Å². The average molecular weight is 350 g/mol. The highest BCUT2D eigenvalue weighted by molar-refractivity contribution is 9.10. The molecule has 1 aromatic carbocycles. The van der Waals surface area contributed by atoms with Gasteiger partial charge in [-0.05, 0) is 35.0 Å². The molecule has 0 aliphatic heterocycles. The van der Waals surface area contributed by atoms with E-state index in [1.54, 1.807) is 25.1 Å². The van der Waals surface area contributed by atoms with E-state index in [1.165, 1.54) is 6.07 Å². The second-order valence-electron chi connectivity index (χ2n) is 3.61. The van der Waals surface area contributed by atoms with E-state index in [9.17, 15) is 8.78 Å². The van der Waals surface area contributed by atoms with Gasteiger partial charge in [-0.1, -0.05) is 23.7 Å². The monoisotopic (exact) mass is 348 g/mol. The highest BCUT2D eigenvalue weighted by atomic mass is 79.9. The molecule has 0 radical (unpaired) electrons. The van der Waals surface area contributed by atoms with Gasteiger partial charge in [-0.15, -0.1) is 0 Å². The van der Waals surface area contributed by atoms with Gasteiger partial charge in [-0.3, -0.25) is 0 Å². The van der Waals surface area contributed by atoms with Gasteiger partial charge in [0, 0.05) is 0 Å². The maximum atomic E-state index is 12.3. The quantitative estimate of drug-likeness (QED) is 0.767. The fraction of sp³-hybridized carbons (Fsp3) is 0.167. The maximum Gasteiger partial charge on any atom is 0.387 e. The molecule has 2 aromatic rings. The van der Waals surface area contributed by atoms with Crippen LogP contribution in [-0.2, 0) is 0 Å². The Balaban J connectivity index is 2.53. The van der Waals surface area contributed by atoms with E-state index in [4.69, 9.17) is 11.6 Å². The second kappa shape index (κ2) is 5.79. The number of para-hydroxylation sites is 1. The molecular weight excluding hydrogens is 341 g/mol. The fourth-order valence-corrected chi connectivity index (χ4v) is 1.89. The van der Waals surface area contributed by atoms with Crippen LogP contribution in [0, 0.1) is 6.92 Å². The molecule has 3 nitrogen and oxygen atoms in total. The van der Waals surface area contributed by atoms with Crippen molar-refractivity contribution in [1.82, 2.24) is 9.97 Å². The van der Waals surface area contributed by atoms with Crippen LogP contribution in [0.25, 0.3) is 11.4 Å². The summed E-state index contributed by atoms with van der Waals surface area (Å²) in [5.41, 5.74) is 0.974. The molecule has 0 spiro atoms. The number of hydrogen-bond donors (Lipinski definition) is 0. The van der Waals surface area contributed by atoms with Crippen LogP contribution >= 0.6 is 27.5 Å². The van der Waals surface area contributed by atoms with Crippen molar-refractivity contribution in [2.24, 2.45) is 0 Å². The lowest BCUT2D eigenvalue weighted by Gasteiger charge is -2.10. The largest absolute Gasteiger partial charge is 0.434 e. The van der Waals surface area contributed by atoms with Crippen LogP contribution in [0.1, 0.15) is 5.69 Å². The number of benzene rings is 1. The zero-order valence-corrected chi connectivity index (χ0v) is 12.0. The SMILES string of the molecule is Cc1nc(-c2ccccc2OC(F)F)nc(Cl)c1Br. The van der Waals surface area contributed by atoms with Gasteiger partial charge in [-0.2, -0.15) is 8.78 Å². The van der Waals surface area contributed by atoms with Crippen molar-refractivity contribution in [1.29, 1.82) is 0 Å². The molecule has 0 bridgehead atoms. The number of rotatable bonds is 3. The first-order valence-corrected chi connectivity index (χ1v) is 6.40. The Bertz CT molecular complexity index is 587. The third kappa shape index (κ3) is 3.19. The van der Waals surface area contributed by atoms with Crippen molar-refractivity contribution in [3.05, 3.63) is 39.6 Å². The number of ether oxygens (including phenoxy) is 1. The zero-order chi connectivity index (χ0) is 14.0. The number of aromatic nitrogens is 2. The molecule has 0 unspecified atom stereocenters. The van der Waals surface area contributed by atoms with E-state index in [0.29, 0.717) is 15.7 Å². The van der Waals surface area contributed by atoms with Crippen molar-refractivity contribution >= 4 is 27.5 Å². The van der Waals surface area contributed by atoms with Crippen LogP contribution < -0.4 is 4.74 Å². The molecule has 1 heterocycles. The molecule has 0 amide bonds. The predicted molar refractivity (Wildman–Crippen MR) is 71.5 cm³/mol. The van der Waals surface area contributed by atoms with Crippen molar-refractivity contribution in [2.75, 3.05) is 0 Å². The van der Waals surface area contributed by atoms with Crippen LogP contribution in [0.4, 0.5) is 8.78 Å². The molecule has 19 heavy (non-hydrogen) atoms. The Morgan fingerprint density at radius 1 is 1.26 bits per heavy atom. The minimum absolute atomic E-state index is 0.00953. The lowest BCUT2D eigenvalue weighted by atomic mass is 10.2. The van der Waals surface area contributed by atoms with Crippen LogP contribution in [0.15, 0.2) is 28.7 Å². The predicted octanol–water partition coefficient (Wildman–Crippen LogP) is 4.47. The summed E-state index contributed by atoms with van der Waals surface area (Å²) in [7, 11) is 0. The summed E-state index contributed by atoms with van der Waals surface area (Å²) in [4.78, 5) is 8.26. The van der Waals surface area contributed by atoms with Gasteiger partial charge in [0.25, 0.3) is 0 Å². The standard InChI is InChI=1S/C12H8BrClF2N2O/c1-6-9(13)10(14)18-11(17-6)7-4-2-3-5-8(7)19-12(15)16/h2-5,12H,1H3. The van der Waals surface area contributed by atoms with Gasteiger partial charge >= 0.3 is 6.61 Å². The minimum atomic E-state index is -2.91. The lowest BCUT2D eigenvalue weighted by molar-refractivity contribution is -0.0494. The highest BCUT2D eigenvalue weighted by Gasteiger charge is 2.15. The van der Waals surface area contributed by atoms with Crippen LogP contribution in [-0.4, -0.2) is 16.6 Å². The number of halogens is 4. The first-order valence-electron chi connectivity index (χ1n) is 5.23. The lowest BCUT2D eigenvalue weighted by Crippen LogP contribution is -2.04. The Morgan fingerprint density at radius 3 is 2.58 bits per heavy atom. The first kappa shape index (κ1) is 14.1. The molecule has 0 saturated carbocycles. The van der Waals surface area contributed by atoms with E-state index < -0.39 is 6.61 Å².